The Bertz CT molecular complexity index is 1100. The van der Waals surface area contributed by atoms with Crippen LogP contribution in [-0.4, -0.2) is 39.6 Å². The van der Waals surface area contributed by atoms with Gasteiger partial charge < -0.3 is 9.30 Å². The van der Waals surface area contributed by atoms with Gasteiger partial charge in [-0.3, -0.25) is 4.90 Å². The molecule has 1 aliphatic carbocycles. The number of hydrogen-bond acceptors (Lipinski definition) is 5. The van der Waals surface area contributed by atoms with Crippen LogP contribution in [0.5, 0.6) is 5.75 Å². The first-order chi connectivity index (χ1) is 15.7. The molecule has 2 aromatic heterocycles. The van der Waals surface area contributed by atoms with Gasteiger partial charge in [0.25, 0.3) is 0 Å². The van der Waals surface area contributed by atoms with Crippen molar-refractivity contribution in [3.8, 4) is 11.8 Å². The molecule has 0 atom stereocenters. The van der Waals surface area contributed by atoms with Gasteiger partial charge in [0.1, 0.15) is 17.5 Å². The molecule has 1 aromatic carbocycles. The molecule has 1 saturated heterocycles. The number of aromatic nitrogens is 3. The lowest BCUT2D eigenvalue weighted by Gasteiger charge is -2.33. The van der Waals surface area contributed by atoms with Crippen LogP contribution in [0, 0.1) is 11.3 Å². The molecule has 0 radical (unpaired) electrons. The van der Waals surface area contributed by atoms with Crippen LogP contribution in [0.3, 0.4) is 0 Å². The summed E-state index contributed by atoms with van der Waals surface area (Å²) in [6.45, 7) is 3.13. The summed E-state index contributed by atoms with van der Waals surface area (Å²) in [5.41, 5.74) is 3.67. The van der Waals surface area contributed by atoms with Crippen molar-refractivity contribution in [1.29, 1.82) is 5.26 Å². The highest BCUT2D eigenvalue weighted by atomic mass is 16.5. The molecule has 3 heterocycles. The van der Waals surface area contributed by atoms with E-state index in [1.807, 2.05) is 6.20 Å². The lowest BCUT2D eigenvalue weighted by Crippen LogP contribution is -2.33. The number of nitriles is 1. The number of rotatable bonds is 5. The Labute approximate surface area is 189 Å². The van der Waals surface area contributed by atoms with Crippen molar-refractivity contribution in [2.24, 2.45) is 0 Å². The first-order valence-corrected chi connectivity index (χ1v) is 11.9. The summed E-state index contributed by atoms with van der Waals surface area (Å²) >= 11 is 0. The predicted molar refractivity (Wildman–Crippen MR) is 125 cm³/mol. The Kier molecular flexibility index (Phi) is 6.09. The number of hydrogen-bond donors (Lipinski definition) is 0. The Morgan fingerprint density at radius 2 is 1.81 bits per heavy atom. The Hall–Kier alpha value is -2.91. The molecular weight excluding hydrogens is 398 g/mol. The molecular formula is C26H31N5O. The van der Waals surface area contributed by atoms with E-state index in [0.29, 0.717) is 12.0 Å². The fraction of sp³-hybridized carbons (Fsp3) is 0.500. The second-order valence-corrected chi connectivity index (χ2v) is 9.21. The number of ether oxygens (including phenoxy) is 1. The van der Waals surface area contributed by atoms with Crippen LogP contribution in [0.15, 0.2) is 36.5 Å². The van der Waals surface area contributed by atoms with E-state index < -0.39 is 0 Å². The average molecular weight is 430 g/mol. The molecule has 32 heavy (non-hydrogen) atoms. The van der Waals surface area contributed by atoms with Gasteiger partial charge in [-0.25, -0.2) is 9.97 Å². The third-order valence-corrected chi connectivity index (χ3v) is 7.26. The summed E-state index contributed by atoms with van der Waals surface area (Å²) in [6.07, 6.45) is 10.4. The van der Waals surface area contributed by atoms with E-state index in [4.69, 9.17) is 4.74 Å². The fourth-order valence-corrected chi connectivity index (χ4v) is 5.51. The SMILES string of the molecule is COc1ccc(C2CCN(Cc3cc4cnc(C#N)nc4n3C3CCCCC3)CC2)cc1. The number of methoxy groups -OCH3 is 1. The summed E-state index contributed by atoms with van der Waals surface area (Å²) in [5.74, 6) is 1.80. The molecule has 0 bridgehead atoms. The van der Waals surface area contributed by atoms with Gasteiger partial charge in [-0.2, -0.15) is 5.26 Å². The number of likely N-dealkylation sites (tertiary alicyclic amines) is 1. The van der Waals surface area contributed by atoms with Crippen molar-refractivity contribution < 1.29 is 4.74 Å². The van der Waals surface area contributed by atoms with E-state index in [0.717, 1.165) is 36.4 Å². The highest BCUT2D eigenvalue weighted by molar-refractivity contribution is 5.77. The number of fused-ring (bicyclic) bond motifs is 1. The second-order valence-electron chi connectivity index (χ2n) is 9.21. The van der Waals surface area contributed by atoms with E-state index in [2.05, 4.69) is 55.8 Å². The van der Waals surface area contributed by atoms with Crippen LogP contribution in [-0.2, 0) is 6.54 Å². The van der Waals surface area contributed by atoms with E-state index in [1.165, 1.54) is 56.2 Å². The van der Waals surface area contributed by atoms with Gasteiger partial charge in [0.15, 0.2) is 0 Å². The minimum atomic E-state index is 0.263. The Morgan fingerprint density at radius 3 is 2.50 bits per heavy atom. The zero-order valence-corrected chi connectivity index (χ0v) is 18.8. The van der Waals surface area contributed by atoms with Gasteiger partial charge in [-0.05, 0) is 68.5 Å². The molecule has 0 unspecified atom stereocenters. The van der Waals surface area contributed by atoms with Crippen LogP contribution in [0.25, 0.3) is 11.0 Å². The van der Waals surface area contributed by atoms with Gasteiger partial charge in [-0.15, -0.1) is 0 Å². The summed E-state index contributed by atoms with van der Waals surface area (Å²) in [5, 5.41) is 10.4. The molecule has 166 valence electrons. The molecule has 6 nitrogen and oxygen atoms in total. The molecule has 3 aromatic rings. The van der Waals surface area contributed by atoms with E-state index in [1.54, 1.807) is 7.11 Å². The molecule has 2 fully saturated rings. The van der Waals surface area contributed by atoms with Crippen molar-refractivity contribution in [3.63, 3.8) is 0 Å². The standard InChI is InChI=1S/C26H31N5O/c1-32-24-9-7-19(8-10-24)20-11-13-30(14-12-20)18-23-15-21-17-28-25(16-27)29-26(21)31(23)22-5-3-2-4-6-22/h7-10,15,17,20,22H,2-6,11-14,18H2,1H3. The van der Waals surface area contributed by atoms with E-state index in [9.17, 15) is 5.26 Å². The summed E-state index contributed by atoms with van der Waals surface area (Å²) in [6, 6.07) is 13.4. The summed E-state index contributed by atoms with van der Waals surface area (Å²) in [7, 11) is 1.72. The second kappa shape index (κ2) is 9.30. The lowest BCUT2D eigenvalue weighted by molar-refractivity contribution is 0.197. The van der Waals surface area contributed by atoms with Crippen molar-refractivity contribution in [3.05, 3.63) is 53.6 Å². The minimum absolute atomic E-state index is 0.263. The average Bonchev–Trinajstić information content (AvgIpc) is 3.22. The topological polar surface area (TPSA) is 67.0 Å². The zero-order valence-electron chi connectivity index (χ0n) is 18.8. The van der Waals surface area contributed by atoms with Crippen LogP contribution in [0.1, 0.15) is 74.0 Å². The van der Waals surface area contributed by atoms with Crippen LogP contribution in [0.2, 0.25) is 0 Å². The smallest absolute Gasteiger partial charge is 0.234 e. The van der Waals surface area contributed by atoms with Gasteiger partial charge in [0, 0.05) is 29.9 Å². The first kappa shape index (κ1) is 21.0. The fourth-order valence-electron chi connectivity index (χ4n) is 5.51. The molecule has 1 aliphatic heterocycles. The summed E-state index contributed by atoms with van der Waals surface area (Å²) in [4.78, 5) is 11.4. The zero-order chi connectivity index (χ0) is 21.9. The third kappa shape index (κ3) is 4.22. The van der Waals surface area contributed by atoms with Crippen LogP contribution < -0.4 is 4.74 Å². The van der Waals surface area contributed by atoms with E-state index in [-0.39, 0.29) is 5.82 Å². The maximum absolute atomic E-state index is 9.31. The maximum atomic E-state index is 9.31. The van der Waals surface area contributed by atoms with Crippen molar-refractivity contribution in [1.82, 2.24) is 19.4 Å². The van der Waals surface area contributed by atoms with Gasteiger partial charge in [-0.1, -0.05) is 31.4 Å². The molecule has 2 aliphatic rings. The quantitative estimate of drug-likeness (QED) is 0.558. The highest BCUT2D eigenvalue weighted by Crippen LogP contribution is 2.35. The molecule has 6 heteroatoms. The number of benzene rings is 1. The van der Waals surface area contributed by atoms with E-state index >= 15 is 0 Å². The predicted octanol–water partition coefficient (Wildman–Crippen LogP) is 5.20. The van der Waals surface area contributed by atoms with Crippen LogP contribution >= 0.6 is 0 Å². The van der Waals surface area contributed by atoms with Gasteiger partial charge >= 0.3 is 0 Å². The number of nitrogens with zero attached hydrogens (tertiary/aromatic N) is 5. The lowest BCUT2D eigenvalue weighted by atomic mass is 9.89. The van der Waals surface area contributed by atoms with Crippen molar-refractivity contribution >= 4 is 11.0 Å². The monoisotopic (exact) mass is 429 g/mol. The highest BCUT2D eigenvalue weighted by Gasteiger charge is 2.25. The molecule has 1 saturated carbocycles. The number of piperidine rings is 1. The minimum Gasteiger partial charge on any atom is -0.497 e. The normalized spacial score (nSPS) is 18.6. The maximum Gasteiger partial charge on any atom is 0.234 e. The molecule has 0 N–H and O–H groups in total. The molecule has 0 spiro atoms. The van der Waals surface area contributed by atoms with Gasteiger partial charge in [0.05, 0.1) is 7.11 Å². The largest absolute Gasteiger partial charge is 0.497 e. The van der Waals surface area contributed by atoms with Gasteiger partial charge in [0.2, 0.25) is 5.82 Å². The Morgan fingerprint density at radius 1 is 1.06 bits per heavy atom. The third-order valence-electron chi connectivity index (χ3n) is 7.26. The first-order valence-electron chi connectivity index (χ1n) is 11.9. The van der Waals surface area contributed by atoms with Crippen molar-refractivity contribution in [2.45, 2.75) is 63.5 Å². The molecule has 0 amide bonds. The van der Waals surface area contributed by atoms with Crippen molar-refractivity contribution in [2.75, 3.05) is 20.2 Å². The summed E-state index contributed by atoms with van der Waals surface area (Å²) < 4.78 is 7.74. The van der Waals surface area contributed by atoms with Crippen LogP contribution in [0.4, 0.5) is 0 Å². The Balaban J connectivity index is 1.34. The molecule has 5 rings (SSSR count).